The second-order valence-corrected chi connectivity index (χ2v) is 6.65. The maximum absolute atomic E-state index is 14.8. The molecule has 2 heterocycles. The Labute approximate surface area is 170 Å². The molecule has 0 saturated carbocycles. The number of rotatable bonds is 4. The number of nitrogens with one attached hydrogen (secondary N) is 2. The first-order chi connectivity index (χ1) is 14.3. The van der Waals surface area contributed by atoms with Gasteiger partial charge in [0.05, 0.1) is 31.9 Å². The highest BCUT2D eigenvalue weighted by Crippen LogP contribution is 2.31. The molecule has 1 atom stereocenters. The number of ether oxygens (including phenoxy) is 1. The van der Waals surface area contributed by atoms with E-state index in [4.69, 9.17) is 14.8 Å². The molecule has 3 rings (SSSR count). The molecule has 2 aliphatic rings. The fraction of sp³-hybridized carbons (Fsp3) is 0.471. The van der Waals surface area contributed by atoms with Crippen LogP contribution in [0.2, 0.25) is 0 Å². The van der Waals surface area contributed by atoms with Crippen molar-refractivity contribution < 1.29 is 37.9 Å². The van der Waals surface area contributed by atoms with Crippen molar-refractivity contribution in [2.75, 3.05) is 49.1 Å². The quantitative estimate of drug-likeness (QED) is 0.473. The van der Waals surface area contributed by atoms with Crippen molar-refractivity contribution in [1.82, 2.24) is 15.9 Å². The van der Waals surface area contributed by atoms with Crippen LogP contribution in [0.5, 0.6) is 0 Å². The Morgan fingerprint density at radius 3 is 2.57 bits per heavy atom. The number of cyclic esters (lactones) is 1. The summed E-state index contributed by atoms with van der Waals surface area (Å²) < 4.78 is 34.7. The summed E-state index contributed by atoms with van der Waals surface area (Å²) in [5, 5.41) is 12.0. The fourth-order valence-corrected chi connectivity index (χ4v) is 3.19. The summed E-state index contributed by atoms with van der Waals surface area (Å²) in [6, 6.07) is 1.14. The number of benzene rings is 1. The van der Waals surface area contributed by atoms with E-state index in [2.05, 4.69) is 5.32 Å². The third-order valence-electron chi connectivity index (χ3n) is 4.59. The molecule has 1 aromatic rings. The first-order valence-corrected chi connectivity index (χ1v) is 9.11. The molecule has 1 aromatic carbocycles. The zero-order chi connectivity index (χ0) is 21.8. The minimum atomic E-state index is -0.900. The number of anilines is 2. The molecule has 0 aliphatic carbocycles. The van der Waals surface area contributed by atoms with E-state index in [0.717, 1.165) is 22.1 Å². The van der Waals surface area contributed by atoms with Crippen molar-refractivity contribution in [3.63, 3.8) is 0 Å². The minimum Gasteiger partial charge on any atom is -0.442 e. The number of carbonyl (C=O) groups is 3. The summed E-state index contributed by atoms with van der Waals surface area (Å²) in [6.45, 7) is 1.49. The molecule has 2 aliphatic heterocycles. The van der Waals surface area contributed by atoms with Gasteiger partial charge in [0.2, 0.25) is 5.91 Å². The van der Waals surface area contributed by atoms with Gasteiger partial charge < -0.3 is 15.0 Å². The van der Waals surface area contributed by atoms with Gasteiger partial charge in [-0.3, -0.25) is 19.7 Å². The number of hydroxylamine groups is 3. The van der Waals surface area contributed by atoms with E-state index in [1.807, 2.05) is 0 Å². The molecule has 0 radical (unpaired) electrons. The molecule has 2 fully saturated rings. The molecular weight excluding hydrogens is 408 g/mol. The topological polar surface area (TPSA) is 124 Å². The van der Waals surface area contributed by atoms with E-state index in [9.17, 15) is 23.2 Å². The molecule has 0 aromatic heterocycles. The van der Waals surface area contributed by atoms with Crippen molar-refractivity contribution in [1.29, 1.82) is 0 Å². The van der Waals surface area contributed by atoms with E-state index in [-0.39, 0.29) is 56.6 Å². The smallest absolute Gasteiger partial charge is 0.414 e. The lowest BCUT2D eigenvalue weighted by molar-refractivity contribution is -0.119. The molecule has 0 spiro atoms. The van der Waals surface area contributed by atoms with Crippen LogP contribution >= 0.6 is 0 Å². The Bertz CT molecular complexity index is 818. The van der Waals surface area contributed by atoms with Gasteiger partial charge in [-0.05, 0) is 0 Å². The largest absolute Gasteiger partial charge is 0.442 e. The first-order valence-electron chi connectivity index (χ1n) is 9.11. The van der Waals surface area contributed by atoms with E-state index in [0.29, 0.717) is 0 Å². The van der Waals surface area contributed by atoms with Gasteiger partial charge in [0.15, 0.2) is 11.6 Å². The highest BCUT2D eigenvalue weighted by Gasteiger charge is 2.34. The van der Waals surface area contributed by atoms with Crippen LogP contribution in [0.25, 0.3) is 0 Å². The van der Waals surface area contributed by atoms with Crippen LogP contribution in [0.4, 0.5) is 29.7 Å². The van der Waals surface area contributed by atoms with Crippen LogP contribution < -0.4 is 20.6 Å². The average Bonchev–Trinajstić information content (AvgIpc) is 2.90. The lowest BCUT2D eigenvalue weighted by Gasteiger charge is -2.24. The summed E-state index contributed by atoms with van der Waals surface area (Å²) in [6.07, 6.45) is -1.41. The number of halogens is 2. The molecule has 11 nitrogen and oxygen atoms in total. The second-order valence-electron chi connectivity index (χ2n) is 6.65. The third-order valence-corrected chi connectivity index (χ3v) is 4.59. The number of urea groups is 1. The van der Waals surface area contributed by atoms with Crippen LogP contribution in [0.15, 0.2) is 12.1 Å². The summed E-state index contributed by atoms with van der Waals surface area (Å²) in [5.74, 6) is -2.09. The van der Waals surface area contributed by atoms with E-state index in [1.54, 1.807) is 0 Å². The molecule has 3 N–H and O–H groups in total. The van der Waals surface area contributed by atoms with E-state index >= 15 is 0 Å². The number of hydrogen-bond acceptors (Lipinski definition) is 7. The number of carbonyl (C=O) groups excluding carboxylic acids is 3. The maximum atomic E-state index is 14.8. The zero-order valence-corrected chi connectivity index (χ0v) is 16.1. The molecule has 0 bridgehead atoms. The number of nitrogens with zero attached hydrogens (tertiary/aromatic N) is 3. The molecule has 13 heteroatoms. The van der Waals surface area contributed by atoms with Gasteiger partial charge in [0.1, 0.15) is 11.8 Å². The van der Waals surface area contributed by atoms with Crippen LogP contribution in [-0.4, -0.2) is 73.7 Å². The number of hydrogen-bond donors (Lipinski definition) is 3. The van der Waals surface area contributed by atoms with Crippen molar-refractivity contribution >= 4 is 29.4 Å². The molecule has 30 heavy (non-hydrogen) atoms. The molecule has 0 unspecified atom stereocenters. The van der Waals surface area contributed by atoms with Crippen molar-refractivity contribution in [3.05, 3.63) is 23.8 Å². The SMILES string of the molecule is CC(=O)NC[C@H]1CN(c2cc(F)c(N3CCON(C(=O)NO)CC3)c(F)c2)C(=O)O1. The minimum absolute atomic E-state index is 0.0172. The Kier molecular flexibility index (Phi) is 6.52. The molecule has 4 amide bonds. The van der Waals surface area contributed by atoms with E-state index < -0.39 is 29.9 Å². The molecule has 164 valence electrons. The van der Waals surface area contributed by atoms with Gasteiger partial charge in [0, 0.05) is 32.1 Å². The highest BCUT2D eigenvalue weighted by molar-refractivity contribution is 5.90. The monoisotopic (exact) mass is 429 g/mol. The average molecular weight is 429 g/mol. The zero-order valence-electron chi connectivity index (χ0n) is 16.1. The third kappa shape index (κ3) is 4.68. The van der Waals surface area contributed by atoms with Gasteiger partial charge in [0.25, 0.3) is 0 Å². The van der Waals surface area contributed by atoms with Crippen LogP contribution in [-0.2, 0) is 14.4 Å². The predicted molar refractivity (Wildman–Crippen MR) is 97.8 cm³/mol. The Hall–Kier alpha value is -3.19. The van der Waals surface area contributed by atoms with Crippen LogP contribution in [0.1, 0.15) is 6.92 Å². The fourth-order valence-electron chi connectivity index (χ4n) is 3.19. The van der Waals surface area contributed by atoms with Crippen molar-refractivity contribution in [2.45, 2.75) is 13.0 Å². The van der Waals surface area contributed by atoms with E-state index in [1.165, 1.54) is 17.3 Å². The van der Waals surface area contributed by atoms with Gasteiger partial charge >= 0.3 is 12.1 Å². The lowest BCUT2D eigenvalue weighted by atomic mass is 10.2. The number of amides is 4. The maximum Gasteiger partial charge on any atom is 0.414 e. The normalized spacial score (nSPS) is 19.4. The standard InChI is InChI=1S/C17H21F2N5O6/c1-10(25)20-8-12-9-23(17(27)30-12)11-6-13(18)15(14(19)7-11)22-2-3-24(16(26)21-28)29-5-4-22/h6-7,12,28H,2-5,8-9H2,1H3,(H,20,25)(H,21,26)/t12-/m0/s1. The Balaban J connectivity index is 1.73. The summed E-state index contributed by atoms with van der Waals surface area (Å²) >= 11 is 0. The van der Waals surface area contributed by atoms with Gasteiger partial charge in [-0.25, -0.2) is 23.9 Å². The molecular formula is C17H21F2N5O6. The molecule has 2 saturated heterocycles. The highest BCUT2D eigenvalue weighted by atomic mass is 19.1. The van der Waals surface area contributed by atoms with Crippen LogP contribution in [0, 0.1) is 11.6 Å². The summed E-state index contributed by atoms with van der Waals surface area (Å²) in [4.78, 5) is 42.1. The van der Waals surface area contributed by atoms with Gasteiger partial charge in [-0.1, -0.05) is 0 Å². The predicted octanol–water partition coefficient (Wildman–Crippen LogP) is 0.578. The summed E-state index contributed by atoms with van der Waals surface area (Å²) in [7, 11) is 0. The van der Waals surface area contributed by atoms with Crippen molar-refractivity contribution in [2.24, 2.45) is 0 Å². The van der Waals surface area contributed by atoms with Crippen LogP contribution in [0.3, 0.4) is 0 Å². The Morgan fingerprint density at radius 1 is 1.23 bits per heavy atom. The lowest BCUT2D eigenvalue weighted by Crippen LogP contribution is -2.40. The van der Waals surface area contributed by atoms with Gasteiger partial charge in [-0.2, -0.15) is 5.06 Å². The Morgan fingerprint density at radius 2 is 1.93 bits per heavy atom. The first kappa shape index (κ1) is 21.5. The van der Waals surface area contributed by atoms with Gasteiger partial charge in [-0.15, -0.1) is 0 Å². The summed E-state index contributed by atoms with van der Waals surface area (Å²) in [5.41, 5.74) is 1.08. The second kappa shape index (κ2) is 9.09. The van der Waals surface area contributed by atoms with Crippen molar-refractivity contribution in [3.8, 4) is 0 Å².